The van der Waals surface area contributed by atoms with Crippen LogP contribution in [0.1, 0.15) is 25.3 Å². The van der Waals surface area contributed by atoms with Gasteiger partial charge in [0.05, 0.1) is 24.7 Å². The summed E-state index contributed by atoms with van der Waals surface area (Å²) in [6.07, 6.45) is 1.96. The molecule has 0 bridgehead atoms. The number of carbonyl (C=O) groups is 1. The van der Waals surface area contributed by atoms with Crippen molar-refractivity contribution in [3.63, 3.8) is 0 Å². The third-order valence-electron chi connectivity index (χ3n) is 5.42. The number of hydrogen-bond acceptors (Lipinski definition) is 5. The number of methoxy groups -OCH3 is 1. The molecule has 3 rings (SSSR count). The van der Waals surface area contributed by atoms with Gasteiger partial charge in [-0.1, -0.05) is 25.1 Å². The number of sulfone groups is 1. The van der Waals surface area contributed by atoms with Crippen LogP contribution in [0, 0.1) is 0 Å². The molecule has 0 aromatic heterocycles. The summed E-state index contributed by atoms with van der Waals surface area (Å²) in [5.74, 6) is 1.10. The summed E-state index contributed by atoms with van der Waals surface area (Å²) in [6.45, 7) is 4.36. The maximum atomic E-state index is 12.9. The average Bonchev–Trinajstić information content (AvgIpc) is 2.95. The lowest BCUT2D eigenvalue weighted by Gasteiger charge is -2.44. The highest BCUT2D eigenvalue weighted by atomic mass is 32.2. The Morgan fingerprint density at radius 3 is 2.65 bits per heavy atom. The molecule has 2 aliphatic rings. The summed E-state index contributed by atoms with van der Waals surface area (Å²) in [6, 6.07) is 7.45. The van der Waals surface area contributed by atoms with Gasteiger partial charge in [0.25, 0.3) is 0 Å². The van der Waals surface area contributed by atoms with Crippen LogP contribution in [-0.2, 0) is 21.1 Å². The van der Waals surface area contributed by atoms with Gasteiger partial charge in [0.2, 0.25) is 5.91 Å². The Kier molecular flexibility index (Phi) is 5.87. The Morgan fingerprint density at radius 1 is 1.19 bits per heavy atom. The van der Waals surface area contributed by atoms with Gasteiger partial charge in [-0.2, -0.15) is 0 Å². The third kappa shape index (κ3) is 4.04. The molecular formula is C19H28N2O4S. The van der Waals surface area contributed by atoms with E-state index in [1.54, 1.807) is 7.11 Å². The standard InChI is InChI=1S/C19H28N2O4S/c1-3-10-20-11-12-21(17-14-26(23,24)13-16(17)20)19(22)9-8-15-6-4-5-7-18(15)25-2/h4-7,16-17H,3,8-14H2,1-2H3/t16-,17+/m1/s1. The molecular weight excluding hydrogens is 352 g/mol. The molecule has 0 unspecified atom stereocenters. The van der Waals surface area contributed by atoms with Crippen molar-refractivity contribution >= 4 is 15.7 Å². The number of piperazine rings is 1. The minimum atomic E-state index is -3.08. The largest absolute Gasteiger partial charge is 0.496 e. The molecule has 1 aromatic rings. The summed E-state index contributed by atoms with van der Waals surface area (Å²) in [5, 5.41) is 0. The lowest BCUT2D eigenvalue weighted by atomic mass is 10.0. The van der Waals surface area contributed by atoms with Crippen molar-refractivity contribution in [2.24, 2.45) is 0 Å². The number of para-hydroxylation sites is 1. The van der Waals surface area contributed by atoms with Crippen molar-refractivity contribution in [1.82, 2.24) is 9.80 Å². The Morgan fingerprint density at radius 2 is 1.92 bits per heavy atom. The van der Waals surface area contributed by atoms with E-state index in [9.17, 15) is 13.2 Å². The van der Waals surface area contributed by atoms with Gasteiger partial charge in [-0.25, -0.2) is 8.42 Å². The van der Waals surface area contributed by atoms with Crippen LogP contribution in [0.2, 0.25) is 0 Å². The van der Waals surface area contributed by atoms with Gasteiger partial charge < -0.3 is 9.64 Å². The maximum absolute atomic E-state index is 12.9. The van der Waals surface area contributed by atoms with Crippen molar-refractivity contribution in [2.45, 2.75) is 38.3 Å². The summed E-state index contributed by atoms with van der Waals surface area (Å²) < 4.78 is 29.7. The van der Waals surface area contributed by atoms with Crippen LogP contribution in [0.15, 0.2) is 24.3 Å². The molecule has 2 fully saturated rings. The molecule has 1 aromatic carbocycles. The van der Waals surface area contributed by atoms with E-state index in [0.717, 1.165) is 30.8 Å². The Bertz CT molecular complexity index is 750. The molecule has 26 heavy (non-hydrogen) atoms. The minimum Gasteiger partial charge on any atom is -0.496 e. The zero-order valence-electron chi connectivity index (χ0n) is 15.6. The van der Waals surface area contributed by atoms with Crippen LogP contribution in [0.3, 0.4) is 0 Å². The number of amides is 1. The highest BCUT2D eigenvalue weighted by Gasteiger charge is 2.47. The van der Waals surface area contributed by atoms with E-state index >= 15 is 0 Å². The summed E-state index contributed by atoms with van der Waals surface area (Å²) in [5.41, 5.74) is 1.00. The molecule has 1 amide bonds. The monoisotopic (exact) mass is 380 g/mol. The fourth-order valence-corrected chi connectivity index (χ4v) is 6.21. The Labute approximate surface area is 156 Å². The van der Waals surface area contributed by atoms with Gasteiger partial charge in [-0.05, 0) is 31.0 Å². The van der Waals surface area contributed by atoms with Crippen LogP contribution in [-0.4, -0.2) is 74.5 Å². The van der Waals surface area contributed by atoms with Gasteiger partial charge in [0.15, 0.2) is 9.84 Å². The van der Waals surface area contributed by atoms with Crippen LogP contribution in [0.25, 0.3) is 0 Å². The lowest BCUT2D eigenvalue weighted by molar-refractivity contribution is -0.136. The zero-order chi connectivity index (χ0) is 18.7. The number of fused-ring (bicyclic) bond motifs is 1. The second kappa shape index (κ2) is 7.96. The fraction of sp³-hybridized carbons (Fsp3) is 0.632. The maximum Gasteiger partial charge on any atom is 0.223 e. The number of benzene rings is 1. The molecule has 2 aliphatic heterocycles. The van der Waals surface area contributed by atoms with Crippen molar-refractivity contribution in [2.75, 3.05) is 38.2 Å². The molecule has 2 atom stereocenters. The topological polar surface area (TPSA) is 66.9 Å². The van der Waals surface area contributed by atoms with Crippen LogP contribution in [0.5, 0.6) is 5.75 Å². The first-order chi connectivity index (χ1) is 12.4. The average molecular weight is 381 g/mol. The predicted octanol–water partition coefficient (Wildman–Crippen LogP) is 1.35. The minimum absolute atomic E-state index is 0.0409. The lowest BCUT2D eigenvalue weighted by Crippen LogP contribution is -2.60. The Hall–Kier alpha value is -1.60. The smallest absolute Gasteiger partial charge is 0.223 e. The zero-order valence-corrected chi connectivity index (χ0v) is 16.4. The normalized spacial score (nSPS) is 25.1. The van der Waals surface area contributed by atoms with Gasteiger partial charge >= 0.3 is 0 Å². The highest BCUT2D eigenvalue weighted by Crippen LogP contribution is 2.28. The van der Waals surface area contributed by atoms with Crippen molar-refractivity contribution in [3.05, 3.63) is 29.8 Å². The number of hydrogen-bond donors (Lipinski definition) is 0. The Balaban J connectivity index is 1.69. The molecule has 7 heteroatoms. The van der Waals surface area contributed by atoms with Gasteiger partial charge in [0.1, 0.15) is 5.75 Å². The van der Waals surface area contributed by atoms with Crippen molar-refractivity contribution in [1.29, 1.82) is 0 Å². The molecule has 0 spiro atoms. The molecule has 144 valence electrons. The van der Waals surface area contributed by atoms with Crippen LogP contribution >= 0.6 is 0 Å². The first kappa shape index (κ1) is 19.2. The predicted molar refractivity (Wildman–Crippen MR) is 101 cm³/mol. The second-order valence-corrected chi connectivity index (χ2v) is 9.30. The van der Waals surface area contributed by atoms with Gasteiger partial charge in [0, 0.05) is 25.6 Å². The van der Waals surface area contributed by atoms with Crippen LogP contribution in [0.4, 0.5) is 0 Å². The summed E-state index contributed by atoms with van der Waals surface area (Å²) in [7, 11) is -1.45. The molecule has 2 heterocycles. The second-order valence-electron chi connectivity index (χ2n) is 7.15. The quantitative estimate of drug-likeness (QED) is 0.745. The number of aryl methyl sites for hydroxylation is 1. The van der Waals surface area contributed by atoms with Crippen molar-refractivity contribution < 1.29 is 17.9 Å². The summed E-state index contributed by atoms with van der Waals surface area (Å²) >= 11 is 0. The SMILES string of the molecule is CCCN1CCN(C(=O)CCc2ccccc2OC)[C@H]2CS(=O)(=O)C[C@H]21. The van der Waals surface area contributed by atoms with E-state index in [-0.39, 0.29) is 29.5 Å². The molecule has 0 N–H and O–H groups in total. The molecule has 6 nitrogen and oxygen atoms in total. The van der Waals surface area contributed by atoms with Crippen molar-refractivity contribution in [3.8, 4) is 5.75 Å². The highest BCUT2D eigenvalue weighted by molar-refractivity contribution is 7.91. The summed E-state index contributed by atoms with van der Waals surface area (Å²) in [4.78, 5) is 16.9. The number of ether oxygens (including phenoxy) is 1. The van der Waals surface area contributed by atoms with E-state index in [1.807, 2.05) is 29.2 Å². The van der Waals surface area contributed by atoms with E-state index < -0.39 is 9.84 Å². The molecule has 0 aliphatic carbocycles. The fourth-order valence-electron chi connectivity index (χ4n) is 4.19. The molecule has 0 radical (unpaired) electrons. The van der Waals surface area contributed by atoms with E-state index in [2.05, 4.69) is 11.8 Å². The number of rotatable bonds is 6. The third-order valence-corrected chi connectivity index (χ3v) is 7.12. The van der Waals surface area contributed by atoms with E-state index in [0.29, 0.717) is 19.4 Å². The van der Waals surface area contributed by atoms with E-state index in [4.69, 9.17) is 4.74 Å². The number of nitrogens with zero attached hydrogens (tertiary/aromatic N) is 2. The molecule has 2 saturated heterocycles. The van der Waals surface area contributed by atoms with Gasteiger partial charge in [-0.15, -0.1) is 0 Å². The molecule has 0 saturated carbocycles. The number of carbonyl (C=O) groups excluding carboxylic acids is 1. The first-order valence-electron chi connectivity index (χ1n) is 9.31. The van der Waals surface area contributed by atoms with Gasteiger partial charge in [-0.3, -0.25) is 9.69 Å². The van der Waals surface area contributed by atoms with Crippen LogP contribution < -0.4 is 4.74 Å². The first-order valence-corrected chi connectivity index (χ1v) is 11.1. The van der Waals surface area contributed by atoms with E-state index in [1.165, 1.54) is 0 Å².